The minimum absolute atomic E-state index is 0.621. The van der Waals surface area contributed by atoms with Gasteiger partial charge >= 0.3 is 0 Å². The van der Waals surface area contributed by atoms with Gasteiger partial charge in [0.1, 0.15) is 0 Å². The molecule has 0 fully saturated rings. The van der Waals surface area contributed by atoms with Crippen molar-refractivity contribution < 1.29 is 0 Å². The molecule has 2 aromatic rings. The Hall–Kier alpha value is -1.79. The fraction of sp³-hybridized carbons (Fsp3) is 0.357. The van der Waals surface area contributed by atoms with E-state index in [4.69, 9.17) is 5.26 Å². The van der Waals surface area contributed by atoms with Gasteiger partial charge in [-0.15, -0.1) is 0 Å². The lowest BCUT2D eigenvalue weighted by Crippen LogP contribution is -2.05. The largest absolute Gasteiger partial charge is 0.347 e. The number of nitrogens with zero attached hydrogens (tertiary/aromatic N) is 2. The van der Waals surface area contributed by atoms with Crippen molar-refractivity contribution in [1.29, 1.82) is 5.26 Å². The number of benzene rings is 1. The van der Waals surface area contributed by atoms with Crippen molar-refractivity contribution in [2.24, 2.45) is 0 Å². The van der Waals surface area contributed by atoms with E-state index in [-0.39, 0.29) is 0 Å². The highest BCUT2D eigenvalue weighted by atomic mass is 14.9. The fourth-order valence-corrected chi connectivity index (χ4v) is 2.16. The summed E-state index contributed by atoms with van der Waals surface area (Å²) in [6, 6.07) is 10.7. The average Bonchev–Trinajstić information content (AvgIpc) is 2.75. The Morgan fingerprint density at radius 3 is 3.00 bits per heavy atom. The maximum Gasteiger partial charge on any atom is 0.0622 e. The van der Waals surface area contributed by atoms with E-state index in [0.717, 1.165) is 19.5 Å². The summed E-state index contributed by atoms with van der Waals surface area (Å²) in [5.41, 5.74) is 2.58. The maximum absolute atomic E-state index is 8.55. The van der Waals surface area contributed by atoms with E-state index in [9.17, 15) is 0 Å². The van der Waals surface area contributed by atoms with Crippen LogP contribution in [0.3, 0.4) is 0 Å². The molecule has 17 heavy (non-hydrogen) atoms. The number of nitrogens with one attached hydrogen (secondary N) is 1. The van der Waals surface area contributed by atoms with Crippen LogP contribution in [0, 0.1) is 11.3 Å². The number of aromatic nitrogens is 1. The van der Waals surface area contributed by atoms with Crippen LogP contribution in [0.5, 0.6) is 0 Å². The first kappa shape index (κ1) is 11.7. The van der Waals surface area contributed by atoms with E-state index in [1.54, 1.807) is 0 Å². The first-order chi connectivity index (χ1) is 8.36. The van der Waals surface area contributed by atoms with Crippen molar-refractivity contribution in [2.75, 3.05) is 7.05 Å². The Kier molecular flexibility index (Phi) is 3.79. The number of aryl methyl sites for hydroxylation is 1. The van der Waals surface area contributed by atoms with Gasteiger partial charge in [-0.25, -0.2) is 0 Å². The van der Waals surface area contributed by atoms with Crippen LogP contribution in [0.2, 0.25) is 0 Å². The van der Waals surface area contributed by atoms with Gasteiger partial charge in [-0.3, -0.25) is 0 Å². The van der Waals surface area contributed by atoms with Crippen LogP contribution in [0.4, 0.5) is 0 Å². The van der Waals surface area contributed by atoms with Gasteiger partial charge in [0.2, 0.25) is 0 Å². The zero-order chi connectivity index (χ0) is 12.1. The first-order valence-corrected chi connectivity index (χ1v) is 5.95. The quantitative estimate of drug-likeness (QED) is 0.798. The minimum Gasteiger partial charge on any atom is -0.347 e. The number of unbranched alkanes of at least 4 members (excludes halogenated alkanes) is 1. The normalized spacial score (nSPS) is 10.6. The highest BCUT2D eigenvalue weighted by molar-refractivity contribution is 5.83. The van der Waals surface area contributed by atoms with Gasteiger partial charge < -0.3 is 9.88 Å². The Bertz CT molecular complexity index is 534. The highest BCUT2D eigenvalue weighted by Crippen LogP contribution is 2.20. The molecular weight excluding hydrogens is 210 g/mol. The molecule has 0 atom stereocenters. The molecule has 0 amide bonds. The summed E-state index contributed by atoms with van der Waals surface area (Å²) in [5, 5.41) is 13.0. The zero-order valence-corrected chi connectivity index (χ0v) is 10.1. The average molecular weight is 227 g/mol. The van der Waals surface area contributed by atoms with E-state index < -0.39 is 0 Å². The summed E-state index contributed by atoms with van der Waals surface area (Å²) in [5.74, 6) is 0. The lowest BCUT2D eigenvalue weighted by atomic mass is 10.1. The number of hydrogen-bond acceptors (Lipinski definition) is 2. The van der Waals surface area contributed by atoms with Crippen molar-refractivity contribution in [2.45, 2.75) is 25.9 Å². The highest BCUT2D eigenvalue weighted by Gasteiger charge is 2.04. The molecule has 1 N–H and O–H groups in total. The second-order valence-electron chi connectivity index (χ2n) is 4.15. The standard InChI is InChI=1S/C14H17N3/c1-16-11-12-5-4-6-14-13(12)7-10-17(14)9-3-2-8-15/h4-7,10,16H,2-3,9,11H2,1H3. The van der Waals surface area contributed by atoms with E-state index in [1.165, 1.54) is 16.5 Å². The van der Waals surface area contributed by atoms with Gasteiger partial charge in [-0.05, 0) is 31.2 Å². The molecule has 1 aromatic heterocycles. The third kappa shape index (κ3) is 2.48. The van der Waals surface area contributed by atoms with Crippen molar-refractivity contribution in [3.05, 3.63) is 36.0 Å². The van der Waals surface area contributed by atoms with E-state index >= 15 is 0 Å². The molecule has 0 unspecified atom stereocenters. The lowest BCUT2D eigenvalue weighted by Gasteiger charge is -2.06. The van der Waals surface area contributed by atoms with Crippen LogP contribution in [-0.4, -0.2) is 11.6 Å². The van der Waals surface area contributed by atoms with Gasteiger partial charge in [0, 0.05) is 36.6 Å². The van der Waals surface area contributed by atoms with Crippen molar-refractivity contribution in [3.8, 4) is 6.07 Å². The third-order valence-electron chi connectivity index (χ3n) is 2.96. The molecule has 0 aliphatic rings. The predicted octanol–water partition coefficient (Wildman–Crippen LogP) is 2.66. The molecule has 3 nitrogen and oxygen atoms in total. The molecule has 0 radical (unpaired) electrons. The zero-order valence-electron chi connectivity index (χ0n) is 10.1. The Morgan fingerprint density at radius 1 is 1.35 bits per heavy atom. The Balaban J connectivity index is 2.28. The van der Waals surface area contributed by atoms with Crippen LogP contribution in [0.15, 0.2) is 30.5 Å². The van der Waals surface area contributed by atoms with Gasteiger partial charge in [0.15, 0.2) is 0 Å². The Morgan fingerprint density at radius 2 is 2.24 bits per heavy atom. The topological polar surface area (TPSA) is 40.8 Å². The number of fused-ring (bicyclic) bond motifs is 1. The minimum atomic E-state index is 0.621. The van der Waals surface area contributed by atoms with E-state index in [2.05, 4.69) is 46.4 Å². The van der Waals surface area contributed by atoms with Crippen LogP contribution < -0.4 is 5.32 Å². The molecular formula is C14H17N3. The monoisotopic (exact) mass is 227 g/mol. The van der Waals surface area contributed by atoms with Crippen molar-refractivity contribution >= 4 is 10.9 Å². The second kappa shape index (κ2) is 5.51. The van der Waals surface area contributed by atoms with Crippen LogP contribution >= 0.6 is 0 Å². The number of nitriles is 1. The van der Waals surface area contributed by atoms with Crippen molar-refractivity contribution in [3.63, 3.8) is 0 Å². The third-order valence-corrected chi connectivity index (χ3v) is 2.96. The summed E-state index contributed by atoms with van der Waals surface area (Å²) in [6.45, 7) is 1.81. The van der Waals surface area contributed by atoms with E-state index in [1.807, 2.05) is 7.05 Å². The Labute approximate surface area is 102 Å². The summed E-state index contributed by atoms with van der Waals surface area (Å²) in [7, 11) is 1.96. The van der Waals surface area contributed by atoms with Gasteiger partial charge in [-0.2, -0.15) is 5.26 Å². The van der Waals surface area contributed by atoms with Gasteiger partial charge in [-0.1, -0.05) is 12.1 Å². The maximum atomic E-state index is 8.55. The molecule has 2 rings (SSSR count). The van der Waals surface area contributed by atoms with E-state index in [0.29, 0.717) is 6.42 Å². The molecule has 0 spiro atoms. The SMILES string of the molecule is CNCc1cccc2c1ccn2CCCC#N. The van der Waals surface area contributed by atoms with Gasteiger partial charge in [0.25, 0.3) is 0 Å². The molecule has 0 aliphatic carbocycles. The second-order valence-corrected chi connectivity index (χ2v) is 4.15. The molecule has 3 heteroatoms. The molecule has 0 bridgehead atoms. The van der Waals surface area contributed by atoms with Crippen LogP contribution in [0.25, 0.3) is 10.9 Å². The molecule has 0 aliphatic heterocycles. The molecule has 0 saturated carbocycles. The molecule has 1 heterocycles. The predicted molar refractivity (Wildman–Crippen MR) is 69.5 cm³/mol. The van der Waals surface area contributed by atoms with Crippen molar-refractivity contribution in [1.82, 2.24) is 9.88 Å². The van der Waals surface area contributed by atoms with Crippen LogP contribution in [0.1, 0.15) is 18.4 Å². The summed E-state index contributed by atoms with van der Waals surface area (Å²) in [6.07, 6.45) is 3.65. The summed E-state index contributed by atoms with van der Waals surface area (Å²) < 4.78 is 2.23. The van der Waals surface area contributed by atoms with Gasteiger partial charge in [0.05, 0.1) is 6.07 Å². The first-order valence-electron chi connectivity index (χ1n) is 5.95. The smallest absolute Gasteiger partial charge is 0.0622 e. The number of hydrogen-bond donors (Lipinski definition) is 1. The number of rotatable bonds is 5. The summed E-state index contributed by atoms with van der Waals surface area (Å²) in [4.78, 5) is 0. The van der Waals surface area contributed by atoms with Crippen LogP contribution in [-0.2, 0) is 13.1 Å². The fourth-order valence-electron chi connectivity index (χ4n) is 2.16. The molecule has 88 valence electrons. The summed E-state index contributed by atoms with van der Waals surface area (Å²) >= 11 is 0. The lowest BCUT2D eigenvalue weighted by molar-refractivity contribution is 0.674. The molecule has 1 aromatic carbocycles. The molecule has 0 saturated heterocycles.